The molecule has 0 unspecified atom stereocenters. The van der Waals surface area contributed by atoms with Crippen LogP contribution in [0.15, 0.2) is 12.2 Å². The highest BCUT2D eigenvalue weighted by Gasteiger charge is 2.23. The van der Waals surface area contributed by atoms with Crippen molar-refractivity contribution in [2.45, 2.75) is 116 Å². The summed E-state index contributed by atoms with van der Waals surface area (Å²) in [4.78, 5) is 63.4. The molecular formula is C26H45O10P. The maximum absolute atomic E-state index is 12.0. The number of ketones is 1. The third kappa shape index (κ3) is 25.6. The van der Waals surface area contributed by atoms with Crippen molar-refractivity contribution in [3.63, 3.8) is 0 Å². The normalized spacial score (nSPS) is 12.4. The fourth-order valence-electron chi connectivity index (χ4n) is 3.54. The van der Waals surface area contributed by atoms with Gasteiger partial charge in [-0.15, -0.1) is 0 Å². The zero-order valence-corrected chi connectivity index (χ0v) is 23.0. The third-order valence-corrected chi connectivity index (χ3v) is 6.06. The number of allylic oxidation sites excluding steroid dienone is 2. The molecule has 0 bridgehead atoms. The molecule has 0 spiro atoms. The van der Waals surface area contributed by atoms with E-state index in [-0.39, 0.29) is 19.3 Å². The van der Waals surface area contributed by atoms with Crippen molar-refractivity contribution in [3.05, 3.63) is 12.2 Å². The number of phosphoric ester groups is 1. The zero-order valence-electron chi connectivity index (χ0n) is 22.1. The second-order valence-corrected chi connectivity index (χ2v) is 10.3. The average Bonchev–Trinajstić information content (AvgIpc) is 2.85. The second-order valence-electron chi connectivity index (χ2n) is 9.04. The third-order valence-electron chi connectivity index (χ3n) is 5.58. The van der Waals surface area contributed by atoms with Gasteiger partial charge in [-0.2, -0.15) is 0 Å². The van der Waals surface area contributed by atoms with Crippen LogP contribution in [0.3, 0.4) is 0 Å². The summed E-state index contributed by atoms with van der Waals surface area (Å²) in [6, 6.07) is 0. The lowest BCUT2D eigenvalue weighted by Crippen LogP contribution is -2.29. The molecule has 0 saturated carbocycles. The Morgan fingerprint density at radius 3 is 1.81 bits per heavy atom. The molecule has 2 N–H and O–H groups in total. The van der Waals surface area contributed by atoms with Crippen LogP contribution in [0.1, 0.15) is 110 Å². The summed E-state index contributed by atoms with van der Waals surface area (Å²) >= 11 is 0. The molecular weight excluding hydrogens is 503 g/mol. The second kappa shape index (κ2) is 23.3. The zero-order chi connectivity index (χ0) is 27.8. The van der Waals surface area contributed by atoms with E-state index in [4.69, 9.17) is 19.3 Å². The molecule has 214 valence electrons. The van der Waals surface area contributed by atoms with Crippen LogP contribution in [0.4, 0.5) is 0 Å². The van der Waals surface area contributed by atoms with E-state index in [0.29, 0.717) is 12.7 Å². The minimum Gasteiger partial charge on any atom is -0.462 e. The number of unbranched alkanes of at least 4 members (excludes halogenated alkanes) is 12. The Balaban J connectivity index is 4.09. The van der Waals surface area contributed by atoms with Crippen molar-refractivity contribution in [3.8, 4) is 0 Å². The van der Waals surface area contributed by atoms with E-state index >= 15 is 0 Å². The van der Waals surface area contributed by atoms with Gasteiger partial charge in [0.2, 0.25) is 0 Å². The first-order valence-electron chi connectivity index (χ1n) is 13.4. The van der Waals surface area contributed by atoms with Crippen molar-refractivity contribution < 1.29 is 47.5 Å². The van der Waals surface area contributed by atoms with E-state index in [1.54, 1.807) is 0 Å². The minimum absolute atomic E-state index is 0.190. The molecule has 0 radical (unpaired) electrons. The molecule has 10 nitrogen and oxygen atoms in total. The van der Waals surface area contributed by atoms with Gasteiger partial charge in [-0.1, -0.05) is 84.0 Å². The van der Waals surface area contributed by atoms with E-state index < -0.39 is 44.9 Å². The number of esters is 2. The van der Waals surface area contributed by atoms with Crippen LogP contribution in [0.2, 0.25) is 0 Å². The molecule has 11 heteroatoms. The number of hydrogen-bond acceptors (Lipinski definition) is 8. The number of ether oxygens (including phenoxy) is 2. The molecule has 0 amide bonds. The van der Waals surface area contributed by atoms with Crippen LogP contribution < -0.4 is 0 Å². The van der Waals surface area contributed by atoms with E-state index in [9.17, 15) is 23.7 Å². The highest BCUT2D eigenvalue weighted by Crippen LogP contribution is 2.35. The van der Waals surface area contributed by atoms with E-state index in [1.165, 1.54) is 57.8 Å². The minimum atomic E-state index is -4.83. The van der Waals surface area contributed by atoms with Gasteiger partial charge in [0.1, 0.15) is 12.9 Å². The largest absolute Gasteiger partial charge is 0.469 e. The molecule has 0 rings (SSSR count). The monoisotopic (exact) mass is 548 g/mol. The van der Waals surface area contributed by atoms with Crippen molar-refractivity contribution >= 4 is 31.8 Å². The Bertz CT molecular complexity index is 716. The van der Waals surface area contributed by atoms with Crippen molar-refractivity contribution in [2.75, 3.05) is 13.2 Å². The molecule has 0 aliphatic rings. The Hall–Kier alpha value is -1.87. The maximum Gasteiger partial charge on any atom is 0.469 e. The molecule has 0 aliphatic carbocycles. The molecule has 37 heavy (non-hydrogen) atoms. The molecule has 0 aliphatic heterocycles. The summed E-state index contributed by atoms with van der Waals surface area (Å²) in [5.74, 6) is -1.80. The topological polar surface area (TPSA) is 154 Å². The fraction of sp³-hybridized carbons (Fsp3) is 0.769. The summed E-state index contributed by atoms with van der Waals surface area (Å²) in [6.45, 7) is 1.11. The smallest absolute Gasteiger partial charge is 0.462 e. The van der Waals surface area contributed by atoms with Crippen LogP contribution in [-0.2, 0) is 37.7 Å². The molecule has 0 saturated heterocycles. The number of carbonyl (C=O) groups excluding carboxylic acids is 4. The molecule has 0 fully saturated rings. The van der Waals surface area contributed by atoms with Crippen LogP contribution in [-0.4, -0.2) is 53.1 Å². The van der Waals surface area contributed by atoms with Gasteiger partial charge in [-0.25, -0.2) is 4.57 Å². The summed E-state index contributed by atoms with van der Waals surface area (Å²) < 4.78 is 25.5. The van der Waals surface area contributed by atoms with Gasteiger partial charge in [-0.05, 0) is 18.6 Å². The molecule has 1 atom stereocenters. The number of phosphoric acid groups is 1. The molecule has 0 aromatic heterocycles. The highest BCUT2D eigenvalue weighted by atomic mass is 31.2. The molecule has 0 heterocycles. The lowest BCUT2D eigenvalue weighted by atomic mass is 10.0. The Kier molecular flexibility index (Phi) is 22.1. The highest BCUT2D eigenvalue weighted by molar-refractivity contribution is 7.46. The number of aldehydes is 1. The van der Waals surface area contributed by atoms with Gasteiger partial charge in [0.25, 0.3) is 0 Å². The van der Waals surface area contributed by atoms with Crippen LogP contribution >= 0.6 is 7.82 Å². The van der Waals surface area contributed by atoms with Crippen molar-refractivity contribution in [1.29, 1.82) is 0 Å². The quantitative estimate of drug-likeness (QED) is 0.0515. The fourth-order valence-corrected chi connectivity index (χ4v) is 3.90. The Labute approximate surface area is 220 Å². The van der Waals surface area contributed by atoms with E-state index in [0.717, 1.165) is 31.4 Å². The number of hydrogen-bond donors (Lipinski definition) is 2. The lowest BCUT2D eigenvalue weighted by Gasteiger charge is -2.18. The predicted octanol–water partition coefficient (Wildman–Crippen LogP) is 5.14. The summed E-state index contributed by atoms with van der Waals surface area (Å²) in [6.07, 6.45) is 16.3. The van der Waals surface area contributed by atoms with E-state index in [1.807, 2.05) is 0 Å². The van der Waals surface area contributed by atoms with E-state index in [2.05, 4.69) is 11.4 Å². The van der Waals surface area contributed by atoms with Crippen LogP contribution in [0, 0.1) is 0 Å². The van der Waals surface area contributed by atoms with Crippen LogP contribution in [0.25, 0.3) is 0 Å². The van der Waals surface area contributed by atoms with Gasteiger partial charge in [0.15, 0.2) is 11.9 Å². The average molecular weight is 549 g/mol. The first kappa shape index (κ1) is 35.1. The van der Waals surface area contributed by atoms with Crippen molar-refractivity contribution in [1.82, 2.24) is 0 Å². The lowest BCUT2D eigenvalue weighted by molar-refractivity contribution is -0.161. The molecule has 0 aromatic rings. The summed E-state index contributed by atoms with van der Waals surface area (Å²) in [5, 5.41) is 0. The Morgan fingerprint density at radius 1 is 0.757 bits per heavy atom. The number of carbonyl (C=O) groups is 4. The first-order valence-corrected chi connectivity index (χ1v) is 14.9. The Morgan fingerprint density at radius 2 is 1.30 bits per heavy atom. The van der Waals surface area contributed by atoms with Gasteiger partial charge < -0.3 is 19.3 Å². The maximum atomic E-state index is 12.0. The van der Waals surface area contributed by atoms with Gasteiger partial charge >= 0.3 is 19.8 Å². The van der Waals surface area contributed by atoms with Crippen molar-refractivity contribution in [2.24, 2.45) is 0 Å². The summed E-state index contributed by atoms with van der Waals surface area (Å²) in [7, 11) is -4.83. The standard InChI is InChI=1S/C26H45O10P/c1-2-3-4-5-6-7-8-9-10-11-12-13-14-17-25(29)34-21-24(22-35-37(31,32)33)36-26(30)19-18-23(28)16-15-20-27/h15-16,20,24H,2-14,17-19,21-22H2,1H3,(H2,31,32,33)/b16-15+/t24-/m1/s1. The summed E-state index contributed by atoms with van der Waals surface area (Å²) in [5.41, 5.74) is 0. The molecule has 0 aromatic carbocycles. The SMILES string of the molecule is CCCCCCCCCCCCCCCC(=O)OC[C@H](COP(=O)(O)O)OC(=O)CCC(=O)/C=C/C=O. The number of rotatable bonds is 25. The van der Waals surface area contributed by atoms with Crippen LogP contribution in [0.5, 0.6) is 0 Å². The van der Waals surface area contributed by atoms with Gasteiger partial charge in [0, 0.05) is 12.8 Å². The van der Waals surface area contributed by atoms with Gasteiger partial charge in [0.05, 0.1) is 13.0 Å². The van der Waals surface area contributed by atoms with Gasteiger partial charge in [-0.3, -0.25) is 23.7 Å². The predicted molar refractivity (Wildman–Crippen MR) is 139 cm³/mol. The first-order chi connectivity index (χ1) is 17.7.